The highest BCUT2D eigenvalue weighted by molar-refractivity contribution is 6.30. The maximum Gasteiger partial charge on any atom is 0.165 e. The fourth-order valence-electron chi connectivity index (χ4n) is 3.38. The van der Waals surface area contributed by atoms with E-state index in [1.807, 2.05) is 36.4 Å². The molecule has 0 bridgehead atoms. The topological polar surface area (TPSA) is 30.5 Å². The molecule has 4 heteroatoms. The smallest absolute Gasteiger partial charge is 0.165 e. The second-order valence-electron chi connectivity index (χ2n) is 7.06. The van der Waals surface area contributed by atoms with E-state index >= 15 is 0 Å². The number of rotatable bonds is 10. The first-order chi connectivity index (χ1) is 14.6. The fourth-order valence-corrected chi connectivity index (χ4v) is 3.51. The van der Waals surface area contributed by atoms with Crippen LogP contribution >= 0.6 is 11.6 Å². The average Bonchev–Trinajstić information content (AvgIpc) is 2.78. The summed E-state index contributed by atoms with van der Waals surface area (Å²) in [5, 5.41) is 4.26. The Morgan fingerprint density at radius 1 is 1.00 bits per heavy atom. The van der Waals surface area contributed by atoms with Crippen LogP contribution in [0, 0.1) is 0 Å². The summed E-state index contributed by atoms with van der Waals surface area (Å²) in [5.41, 5.74) is 5.70. The molecule has 0 fully saturated rings. The molecule has 0 spiro atoms. The molecule has 30 heavy (non-hydrogen) atoms. The molecular weight excluding hydrogens is 394 g/mol. The summed E-state index contributed by atoms with van der Waals surface area (Å²) in [5.74, 6) is 1.48. The standard InChI is InChI=1S/C26H28ClNO2/c1-4-8-22-15-20(17-28-24-10-7-6-9-21(24)5-2)16-25(29-3)26(22)30-18-19-11-13-23(27)14-12-19/h4,6-7,9-16,28H,1,5,8,17-18H2,2-3H3. The van der Waals surface area contributed by atoms with Gasteiger partial charge >= 0.3 is 0 Å². The van der Waals surface area contributed by atoms with Crippen molar-refractivity contribution in [3.05, 3.63) is 101 Å². The Labute approximate surface area is 184 Å². The second kappa shape index (κ2) is 10.7. The van der Waals surface area contributed by atoms with Gasteiger partial charge in [-0.05, 0) is 59.9 Å². The van der Waals surface area contributed by atoms with Crippen molar-refractivity contribution < 1.29 is 9.47 Å². The van der Waals surface area contributed by atoms with Crippen LogP contribution in [0.3, 0.4) is 0 Å². The molecule has 0 aromatic heterocycles. The SMILES string of the molecule is C=CCc1cc(CNc2ccccc2CC)cc(OC)c1OCc1ccc(Cl)cc1. The van der Waals surface area contributed by atoms with E-state index < -0.39 is 0 Å². The molecule has 0 radical (unpaired) electrons. The summed E-state index contributed by atoms with van der Waals surface area (Å²) in [4.78, 5) is 0. The first-order valence-corrected chi connectivity index (χ1v) is 10.5. The van der Waals surface area contributed by atoms with Crippen molar-refractivity contribution in [2.75, 3.05) is 12.4 Å². The molecule has 156 valence electrons. The van der Waals surface area contributed by atoms with Crippen LogP contribution in [0.1, 0.15) is 29.2 Å². The van der Waals surface area contributed by atoms with Crippen LogP contribution in [0.15, 0.2) is 73.3 Å². The van der Waals surface area contributed by atoms with Crippen molar-refractivity contribution in [1.29, 1.82) is 0 Å². The van der Waals surface area contributed by atoms with E-state index in [1.54, 1.807) is 7.11 Å². The van der Waals surface area contributed by atoms with Gasteiger partial charge in [0, 0.05) is 22.8 Å². The molecule has 0 unspecified atom stereocenters. The summed E-state index contributed by atoms with van der Waals surface area (Å²) >= 11 is 5.98. The molecule has 3 nitrogen and oxygen atoms in total. The van der Waals surface area contributed by atoms with Crippen LogP contribution in [0.2, 0.25) is 5.02 Å². The summed E-state index contributed by atoms with van der Waals surface area (Å²) in [6, 6.07) is 20.2. The number of benzene rings is 3. The Kier molecular flexibility index (Phi) is 7.81. The van der Waals surface area contributed by atoms with Gasteiger partial charge in [0.15, 0.2) is 11.5 Å². The van der Waals surface area contributed by atoms with E-state index in [0.29, 0.717) is 24.6 Å². The third-order valence-corrected chi connectivity index (χ3v) is 5.21. The molecule has 3 rings (SSSR count). The van der Waals surface area contributed by atoms with Crippen molar-refractivity contribution in [1.82, 2.24) is 0 Å². The van der Waals surface area contributed by atoms with Gasteiger partial charge in [-0.15, -0.1) is 6.58 Å². The maximum absolute atomic E-state index is 6.16. The average molecular weight is 422 g/mol. The quantitative estimate of drug-likeness (QED) is 0.364. The minimum Gasteiger partial charge on any atom is -0.493 e. The summed E-state index contributed by atoms with van der Waals surface area (Å²) < 4.78 is 11.8. The molecule has 0 aliphatic carbocycles. The highest BCUT2D eigenvalue weighted by atomic mass is 35.5. The first-order valence-electron chi connectivity index (χ1n) is 10.1. The van der Waals surface area contributed by atoms with Crippen LogP contribution < -0.4 is 14.8 Å². The third kappa shape index (κ3) is 5.58. The van der Waals surface area contributed by atoms with E-state index in [0.717, 1.165) is 40.3 Å². The Morgan fingerprint density at radius 2 is 1.77 bits per heavy atom. The van der Waals surface area contributed by atoms with Crippen molar-refractivity contribution >= 4 is 17.3 Å². The highest BCUT2D eigenvalue weighted by Gasteiger charge is 2.13. The number of anilines is 1. The lowest BCUT2D eigenvalue weighted by molar-refractivity contribution is 0.281. The lowest BCUT2D eigenvalue weighted by atomic mass is 10.0. The van der Waals surface area contributed by atoms with Crippen LogP contribution in [-0.2, 0) is 26.0 Å². The summed E-state index contributed by atoms with van der Waals surface area (Å²) in [6.45, 7) is 7.21. The molecule has 0 saturated heterocycles. The number of allylic oxidation sites excluding steroid dienone is 1. The lowest BCUT2D eigenvalue weighted by Crippen LogP contribution is -2.06. The van der Waals surface area contributed by atoms with Gasteiger partial charge in [0.25, 0.3) is 0 Å². The zero-order valence-corrected chi connectivity index (χ0v) is 18.3. The Balaban J connectivity index is 1.81. The molecule has 0 saturated carbocycles. The minimum atomic E-state index is 0.444. The van der Waals surface area contributed by atoms with E-state index in [-0.39, 0.29) is 0 Å². The Morgan fingerprint density at radius 3 is 2.47 bits per heavy atom. The molecule has 3 aromatic rings. The maximum atomic E-state index is 6.16. The van der Waals surface area contributed by atoms with Crippen molar-refractivity contribution in [3.8, 4) is 11.5 Å². The summed E-state index contributed by atoms with van der Waals surface area (Å²) in [7, 11) is 1.67. The zero-order valence-electron chi connectivity index (χ0n) is 17.6. The van der Waals surface area contributed by atoms with Gasteiger partial charge in [-0.25, -0.2) is 0 Å². The van der Waals surface area contributed by atoms with Gasteiger partial charge in [-0.2, -0.15) is 0 Å². The van der Waals surface area contributed by atoms with Gasteiger partial charge in [-0.3, -0.25) is 0 Å². The monoisotopic (exact) mass is 421 g/mol. The number of ether oxygens (including phenoxy) is 2. The van der Waals surface area contributed by atoms with Gasteiger partial charge in [0.1, 0.15) is 6.61 Å². The van der Waals surface area contributed by atoms with E-state index in [4.69, 9.17) is 21.1 Å². The highest BCUT2D eigenvalue weighted by Crippen LogP contribution is 2.34. The Hall–Kier alpha value is -2.91. The molecule has 3 aromatic carbocycles. The number of nitrogens with one attached hydrogen (secondary N) is 1. The van der Waals surface area contributed by atoms with E-state index in [1.165, 1.54) is 5.56 Å². The van der Waals surface area contributed by atoms with Gasteiger partial charge in [0.05, 0.1) is 7.11 Å². The van der Waals surface area contributed by atoms with Crippen LogP contribution in [0.4, 0.5) is 5.69 Å². The molecular formula is C26H28ClNO2. The van der Waals surface area contributed by atoms with E-state index in [2.05, 4.69) is 49.2 Å². The normalized spacial score (nSPS) is 10.5. The number of halogens is 1. The second-order valence-corrected chi connectivity index (χ2v) is 7.49. The molecule has 0 amide bonds. The third-order valence-electron chi connectivity index (χ3n) is 4.95. The number of methoxy groups -OCH3 is 1. The number of aryl methyl sites for hydroxylation is 1. The van der Waals surface area contributed by atoms with Crippen molar-refractivity contribution in [2.45, 2.75) is 32.9 Å². The van der Waals surface area contributed by atoms with Crippen LogP contribution in [0.5, 0.6) is 11.5 Å². The largest absolute Gasteiger partial charge is 0.493 e. The van der Waals surface area contributed by atoms with Gasteiger partial charge in [0.2, 0.25) is 0 Å². The predicted octanol–water partition coefficient (Wildman–Crippen LogP) is 6.83. The lowest BCUT2D eigenvalue weighted by Gasteiger charge is -2.18. The van der Waals surface area contributed by atoms with Gasteiger partial charge < -0.3 is 14.8 Å². The Bertz CT molecular complexity index is 983. The molecule has 0 aliphatic rings. The van der Waals surface area contributed by atoms with Crippen LogP contribution in [-0.4, -0.2) is 7.11 Å². The summed E-state index contributed by atoms with van der Waals surface area (Å²) in [6.07, 6.45) is 3.57. The first kappa shape index (κ1) is 21.8. The van der Waals surface area contributed by atoms with Crippen molar-refractivity contribution in [3.63, 3.8) is 0 Å². The minimum absolute atomic E-state index is 0.444. The molecule has 1 N–H and O–H groups in total. The predicted molar refractivity (Wildman–Crippen MR) is 126 cm³/mol. The zero-order chi connectivity index (χ0) is 21.3. The number of hydrogen-bond donors (Lipinski definition) is 1. The molecule has 0 atom stereocenters. The van der Waals surface area contributed by atoms with Crippen molar-refractivity contribution in [2.24, 2.45) is 0 Å². The molecule has 0 heterocycles. The number of hydrogen-bond acceptors (Lipinski definition) is 3. The number of para-hydroxylation sites is 1. The van der Waals surface area contributed by atoms with Gasteiger partial charge in [-0.1, -0.05) is 54.9 Å². The molecule has 0 aliphatic heterocycles. The van der Waals surface area contributed by atoms with Crippen LogP contribution in [0.25, 0.3) is 0 Å². The fraction of sp³-hybridized carbons (Fsp3) is 0.231. The van der Waals surface area contributed by atoms with E-state index in [9.17, 15) is 0 Å².